The van der Waals surface area contributed by atoms with E-state index in [1.165, 1.54) is 17.8 Å². The SMILES string of the molecule is CC1(C)CCCN(C(=O)c2sccc2N)CC1. The van der Waals surface area contributed by atoms with Crippen LogP contribution in [0.1, 0.15) is 42.8 Å². The van der Waals surface area contributed by atoms with Crippen LogP contribution in [0.4, 0.5) is 5.69 Å². The van der Waals surface area contributed by atoms with Crippen molar-refractivity contribution in [2.75, 3.05) is 18.8 Å². The van der Waals surface area contributed by atoms with Crippen LogP contribution < -0.4 is 5.73 Å². The fraction of sp³-hybridized carbons (Fsp3) is 0.615. The summed E-state index contributed by atoms with van der Waals surface area (Å²) in [7, 11) is 0. The molecule has 94 valence electrons. The molecule has 2 heterocycles. The summed E-state index contributed by atoms with van der Waals surface area (Å²) in [5, 5.41) is 1.88. The number of nitrogen functional groups attached to an aromatic ring is 1. The molecule has 1 aromatic heterocycles. The Morgan fingerprint density at radius 1 is 1.41 bits per heavy atom. The van der Waals surface area contributed by atoms with Crippen molar-refractivity contribution < 1.29 is 4.79 Å². The van der Waals surface area contributed by atoms with E-state index < -0.39 is 0 Å². The molecule has 1 aliphatic heterocycles. The van der Waals surface area contributed by atoms with E-state index in [2.05, 4.69) is 13.8 Å². The van der Waals surface area contributed by atoms with E-state index in [1.54, 1.807) is 6.07 Å². The lowest BCUT2D eigenvalue weighted by molar-refractivity contribution is 0.0763. The summed E-state index contributed by atoms with van der Waals surface area (Å²) in [6.45, 7) is 6.27. The molecule has 2 N–H and O–H groups in total. The van der Waals surface area contributed by atoms with Crippen molar-refractivity contribution in [3.63, 3.8) is 0 Å². The average molecular weight is 252 g/mol. The number of thiophene rings is 1. The molecule has 1 amide bonds. The number of nitrogens with zero attached hydrogens (tertiary/aromatic N) is 1. The highest BCUT2D eigenvalue weighted by Crippen LogP contribution is 2.31. The van der Waals surface area contributed by atoms with E-state index >= 15 is 0 Å². The van der Waals surface area contributed by atoms with Gasteiger partial charge in [-0.3, -0.25) is 4.79 Å². The van der Waals surface area contributed by atoms with Gasteiger partial charge in [-0.05, 0) is 36.1 Å². The molecule has 4 heteroatoms. The van der Waals surface area contributed by atoms with Crippen molar-refractivity contribution in [2.24, 2.45) is 5.41 Å². The minimum absolute atomic E-state index is 0.107. The van der Waals surface area contributed by atoms with E-state index in [1.807, 2.05) is 10.3 Å². The Labute approximate surface area is 107 Å². The van der Waals surface area contributed by atoms with Crippen LogP contribution in [-0.4, -0.2) is 23.9 Å². The van der Waals surface area contributed by atoms with Crippen LogP contribution >= 0.6 is 11.3 Å². The Balaban J connectivity index is 2.08. The first-order valence-electron chi connectivity index (χ1n) is 6.12. The van der Waals surface area contributed by atoms with Gasteiger partial charge in [-0.15, -0.1) is 11.3 Å². The Hall–Kier alpha value is -1.03. The number of hydrogen-bond donors (Lipinski definition) is 1. The lowest BCUT2D eigenvalue weighted by atomic mass is 9.85. The molecule has 3 nitrogen and oxygen atoms in total. The van der Waals surface area contributed by atoms with Gasteiger partial charge >= 0.3 is 0 Å². The van der Waals surface area contributed by atoms with Crippen LogP contribution in [0, 0.1) is 5.41 Å². The maximum absolute atomic E-state index is 12.3. The number of hydrogen-bond acceptors (Lipinski definition) is 3. The summed E-state index contributed by atoms with van der Waals surface area (Å²) in [6, 6.07) is 1.81. The first kappa shape index (κ1) is 12.4. The number of amides is 1. The van der Waals surface area contributed by atoms with Crippen molar-refractivity contribution in [2.45, 2.75) is 33.1 Å². The molecule has 0 atom stereocenters. The van der Waals surface area contributed by atoms with Crippen LogP contribution in [0.15, 0.2) is 11.4 Å². The summed E-state index contributed by atoms with van der Waals surface area (Å²) < 4.78 is 0. The van der Waals surface area contributed by atoms with E-state index in [4.69, 9.17) is 5.73 Å². The average Bonchev–Trinajstić information content (AvgIpc) is 2.59. The van der Waals surface area contributed by atoms with Crippen LogP contribution in [0.3, 0.4) is 0 Å². The third-order valence-electron chi connectivity index (χ3n) is 3.52. The predicted molar refractivity (Wildman–Crippen MR) is 72.3 cm³/mol. The van der Waals surface area contributed by atoms with Crippen molar-refractivity contribution in [1.82, 2.24) is 4.90 Å². The van der Waals surface area contributed by atoms with Gasteiger partial charge in [0.05, 0.1) is 5.69 Å². The van der Waals surface area contributed by atoms with Crippen LogP contribution in [0.2, 0.25) is 0 Å². The Morgan fingerprint density at radius 3 is 2.82 bits per heavy atom. The lowest BCUT2D eigenvalue weighted by Crippen LogP contribution is -2.32. The molecule has 0 spiro atoms. The van der Waals surface area contributed by atoms with Gasteiger partial charge in [0, 0.05) is 13.1 Å². The van der Waals surface area contributed by atoms with Gasteiger partial charge in [-0.2, -0.15) is 0 Å². The highest BCUT2D eigenvalue weighted by atomic mass is 32.1. The van der Waals surface area contributed by atoms with Gasteiger partial charge in [-0.1, -0.05) is 13.8 Å². The van der Waals surface area contributed by atoms with Gasteiger partial charge in [0.25, 0.3) is 5.91 Å². The monoisotopic (exact) mass is 252 g/mol. The molecule has 1 fully saturated rings. The van der Waals surface area contributed by atoms with E-state index in [0.717, 1.165) is 25.9 Å². The van der Waals surface area contributed by atoms with Crippen LogP contribution in [-0.2, 0) is 0 Å². The third-order valence-corrected chi connectivity index (χ3v) is 4.44. The summed E-state index contributed by atoms with van der Waals surface area (Å²) in [6.07, 6.45) is 3.35. The largest absolute Gasteiger partial charge is 0.397 e. The fourth-order valence-electron chi connectivity index (χ4n) is 2.26. The second kappa shape index (κ2) is 4.69. The van der Waals surface area contributed by atoms with E-state index in [9.17, 15) is 4.79 Å². The number of nitrogens with two attached hydrogens (primary N) is 1. The summed E-state index contributed by atoms with van der Waals surface area (Å²) in [4.78, 5) is 15.0. The quantitative estimate of drug-likeness (QED) is 0.835. The van der Waals surface area contributed by atoms with Crippen molar-refractivity contribution in [3.05, 3.63) is 16.3 Å². The number of likely N-dealkylation sites (tertiary alicyclic amines) is 1. The smallest absolute Gasteiger partial charge is 0.266 e. The van der Waals surface area contributed by atoms with Gasteiger partial charge in [0.2, 0.25) is 0 Å². The summed E-state index contributed by atoms with van der Waals surface area (Å²) in [5.41, 5.74) is 6.77. The zero-order chi connectivity index (χ0) is 12.5. The zero-order valence-electron chi connectivity index (χ0n) is 10.5. The van der Waals surface area contributed by atoms with Gasteiger partial charge in [0.1, 0.15) is 4.88 Å². The Bertz CT molecular complexity index is 411. The molecule has 0 aromatic carbocycles. The van der Waals surface area contributed by atoms with Crippen molar-refractivity contribution in [1.29, 1.82) is 0 Å². The van der Waals surface area contributed by atoms with Crippen molar-refractivity contribution >= 4 is 22.9 Å². The second-order valence-electron chi connectivity index (χ2n) is 5.52. The maximum atomic E-state index is 12.3. The first-order valence-corrected chi connectivity index (χ1v) is 7.00. The molecular formula is C13H20N2OS. The summed E-state index contributed by atoms with van der Waals surface area (Å²) in [5.74, 6) is 0.107. The van der Waals surface area contributed by atoms with E-state index in [0.29, 0.717) is 16.0 Å². The molecule has 1 aromatic rings. The molecule has 1 aliphatic rings. The first-order chi connectivity index (χ1) is 7.99. The van der Waals surface area contributed by atoms with Gasteiger partial charge in [0.15, 0.2) is 0 Å². The maximum Gasteiger partial charge on any atom is 0.266 e. The third kappa shape index (κ3) is 2.80. The Morgan fingerprint density at radius 2 is 2.18 bits per heavy atom. The predicted octanol–water partition coefficient (Wildman–Crippen LogP) is 2.98. The molecule has 0 radical (unpaired) electrons. The zero-order valence-corrected chi connectivity index (χ0v) is 11.3. The number of rotatable bonds is 1. The van der Waals surface area contributed by atoms with Crippen LogP contribution in [0.5, 0.6) is 0 Å². The molecular weight excluding hydrogens is 232 g/mol. The van der Waals surface area contributed by atoms with Crippen LogP contribution in [0.25, 0.3) is 0 Å². The fourth-order valence-corrected chi connectivity index (χ4v) is 3.05. The minimum atomic E-state index is 0.107. The van der Waals surface area contributed by atoms with Gasteiger partial charge < -0.3 is 10.6 Å². The highest BCUT2D eigenvalue weighted by Gasteiger charge is 2.26. The van der Waals surface area contributed by atoms with Gasteiger partial charge in [-0.25, -0.2) is 0 Å². The number of anilines is 1. The van der Waals surface area contributed by atoms with Crippen molar-refractivity contribution in [3.8, 4) is 0 Å². The highest BCUT2D eigenvalue weighted by molar-refractivity contribution is 7.12. The Kier molecular flexibility index (Phi) is 3.43. The van der Waals surface area contributed by atoms with E-state index in [-0.39, 0.29) is 5.91 Å². The molecule has 17 heavy (non-hydrogen) atoms. The summed E-state index contributed by atoms with van der Waals surface area (Å²) >= 11 is 1.44. The normalized spacial score (nSPS) is 20.0. The minimum Gasteiger partial charge on any atom is -0.397 e. The lowest BCUT2D eigenvalue weighted by Gasteiger charge is -2.23. The molecule has 0 saturated carbocycles. The topological polar surface area (TPSA) is 46.3 Å². The standard InChI is InChI=1S/C13H20N2OS/c1-13(2)5-3-7-15(8-6-13)12(16)11-10(14)4-9-17-11/h4,9H,3,5-8,14H2,1-2H3. The molecule has 0 bridgehead atoms. The molecule has 2 rings (SSSR count). The number of carbonyl (C=O) groups excluding carboxylic acids is 1. The molecule has 1 saturated heterocycles. The molecule has 0 aliphatic carbocycles. The molecule has 0 unspecified atom stereocenters. The second-order valence-corrected chi connectivity index (χ2v) is 6.43. The number of carbonyl (C=O) groups is 1.